The minimum Gasteiger partial charge on any atom is -0.481 e. The molecule has 0 saturated heterocycles. The molecule has 0 aliphatic rings. The van der Waals surface area contributed by atoms with Crippen molar-refractivity contribution in [2.24, 2.45) is 0 Å². The molecule has 1 heterocycles. The lowest BCUT2D eigenvalue weighted by atomic mass is 10.1. The highest BCUT2D eigenvalue weighted by Crippen LogP contribution is 2.33. The molecule has 0 aliphatic carbocycles. The average Bonchev–Trinajstić information content (AvgIpc) is 2.28. The van der Waals surface area contributed by atoms with E-state index >= 15 is 0 Å². The Morgan fingerprint density at radius 3 is 2.67 bits per heavy atom. The molecule has 12 heavy (non-hydrogen) atoms. The molecule has 0 aromatic carbocycles. The molecule has 0 spiro atoms. The van der Waals surface area contributed by atoms with E-state index in [1.807, 2.05) is 13.0 Å². The summed E-state index contributed by atoms with van der Waals surface area (Å²) in [5.74, 6) is -1.20. The van der Waals surface area contributed by atoms with Gasteiger partial charge in [0.1, 0.15) is 0 Å². The van der Waals surface area contributed by atoms with Gasteiger partial charge in [0.2, 0.25) is 0 Å². The van der Waals surface area contributed by atoms with E-state index in [9.17, 15) is 4.79 Å². The topological polar surface area (TPSA) is 37.3 Å². The molecule has 0 aliphatic heterocycles. The number of carboxylic acids is 1. The van der Waals surface area contributed by atoms with Crippen molar-refractivity contribution in [3.05, 3.63) is 20.3 Å². The number of aliphatic carboxylic acids is 1. The second kappa shape index (κ2) is 3.58. The molecule has 1 unspecified atom stereocenters. The zero-order chi connectivity index (χ0) is 9.30. The van der Waals surface area contributed by atoms with Crippen LogP contribution in [0, 0.1) is 6.92 Å². The number of carboxylic acid groups (broad SMARTS) is 1. The summed E-state index contributed by atoms with van der Waals surface area (Å²) in [6, 6.07) is 1.94. The summed E-state index contributed by atoms with van der Waals surface area (Å²) < 4.78 is 0.903. The highest BCUT2D eigenvalue weighted by atomic mass is 79.9. The Bertz CT molecular complexity index is 306. The number of halogens is 1. The van der Waals surface area contributed by atoms with Crippen molar-refractivity contribution in [1.82, 2.24) is 0 Å². The van der Waals surface area contributed by atoms with E-state index in [2.05, 4.69) is 15.9 Å². The van der Waals surface area contributed by atoms with Gasteiger partial charge in [-0.1, -0.05) is 0 Å². The Morgan fingerprint density at radius 2 is 2.33 bits per heavy atom. The SMILES string of the molecule is Cc1cc(Br)c(C(C)C(=O)O)s1. The fourth-order valence-electron chi connectivity index (χ4n) is 0.909. The minimum atomic E-state index is -0.780. The van der Waals surface area contributed by atoms with Gasteiger partial charge in [-0.05, 0) is 35.8 Å². The largest absolute Gasteiger partial charge is 0.481 e. The van der Waals surface area contributed by atoms with E-state index < -0.39 is 11.9 Å². The molecule has 1 N–H and O–H groups in total. The van der Waals surface area contributed by atoms with Gasteiger partial charge in [-0.15, -0.1) is 11.3 Å². The van der Waals surface area contributed by atoms with Gasteiger partial charge in [0.05, 0.1) is 5.92 Å². The number of carbonyl (C=O) groups is 1. The quantitative estimate of drug-likeness (QED) is 0.874. The van der Waals surface area contributed by atoms with Crippen LogP contribution >= 0.6 is 27.3 Å². The van der Waals surface area contributed by atoms with Crippen LogP contribution in [0.2, 0.25) is 0 Å². The van der Waals surface area contributed by atoms with E-state index in [0.29, 0.717) is 0 Å². The molecule has 66 valence electrons. The lowest BCUT2D eigenvalue weighted by molar-refractivity contribution is -0.138. The van der Waals surface area contributed by atoms with Crippen LogP contribution in [0.15, 0.2) is 10.5 Å². The molecule has 0 amide bonds. The van der Waals surface area contributed by atoms with Gasteiger partial charge < -0.3 is 5.11 Å². The summed E-state index contributed by atoms with van der Waals surface area (Å²) in [5, 5.41) is 8.75. The number of hydrogen-bond donors (Lipinski definition) is 1. The van der Waals surface area contributed by atoms with Gasteiger partial charge in [-0.25, -0.2) is 0 Å². The first-order valence-corrected chi connectivity index (χ1v) is 5.12. The van der Waals surface area contributed by atoms with Crippen LogP contribution in [-0.2, 0) is 4.79 Å². The molecule has 0 bridgehead atoms. The van der Waals surface area contributed by atoms with Gasteiger partial charge in [-0.3, -0.25) is 4.79 Å². The van der Waals surface area contributed by atoms with Crippen LogP contribution in [0.1, 0.15) is 22.6 Å². The summed E-state index contributed by atoms with van der Waals surface area (Å²) in [4.78, 5) is 12.7. The van der Waals surface area contributed by atoms with Crippen molar-refractivity contribution in [3.8, 4) is 0 Å². The Balaban J connectivity index is 3.02. The predicted molar refractivity (Wildman–Crippen MR) is 52.8 cm³/mol. The predicted octanol–water partition coefficient (Wildman–Crippen LogP) is 3.01. The average molecular weight is 249 g/mol. The zero-order valence-corrected chi connectivity index (χ0v) is 9.20. The first-order valence-electron chi connectivity index (χ1n) is 3.51. The highest BCUT2D eigenvalue weighted by Gasteiger charge is 2.18. The number of hydrogen-bond acceptors (Lipinski definition) is 2. The first-order chi connectivity index (χ1) is 5.52. The molecular weight excluding hydrogens is 240 g/mol. The van der Waals surface area contributed by atoms with Crippen molar-refractivity contribution >= 4 is 33.2 Å². The molecular formula is C8H9BrO2S. The molecule has 2 nitrogen and oxygen atoms in total. The molecule has 1 aromatic rings. The lowest BCUT2D eigenvalue weighted by Gasteiger charge is -2.02. The van der Waals surface area contributed by atoms with E-state index in [1.54, 1.807) is 6.92 Å². The minimum absolute atomic E-state index is 0.418. The van der Waals surface area contributed by atoms with Crippen LogP contribution in [0.4, 0.5) is 0 Å². The van der Waals surface area contributed by atoms with Crippen LogP contribution in [0.25, 0.3) is 0 Å². The smallest absolute Gasteiger partial charge is 0.311 e. The highest BCUT2D eigenvalue weighted by molar-refractivity contribution is 9.10. The normalized spacial score (nSPS) is 12.9. The van der Waals surface area contributed by atoms with E-state index in [4.69, 9.17) is 5.11 Å². The second-order valence-corrected chi connectivity index (χ2v) is 4.77. The van der Waals surface area contributed by atoms with Crippen LogP contribution in [0.3, 0.4) is 0 Å². The standard InChI is InChI=1S/C8H9BrO2S/c1-4-3-6(9)7(12-4)5(2)8(10)11/h3,5H,1-2H3,(H,10,11). The summed E-state index contributed by atoms with van der Waals surface area (Å²) in [7, 11) is 0. The van der Waals surface area contributed by atoms with Crippen LogP contribution in [0.5, 0.6) is 0 Å². The van der Waals surface area contributed by atoms with Crippen molar-refractivity contribution in [1.29, 1.82) is 0 Å². The fourth-order valence-corrected chi connectivity index (χ4v) is 2.95. The van der Waals surface area contributed by atoms with Gasteiger partial charge in [0, 0.05) is 14.2 Å². The molecule has 1 aromatic heterocycles. The van der Waals surface area contributed by atoms with Crippen molar-refractivity contribution < 1.29 is 9.90 Å². The monoisotopic (exact) mass is 248 g/mol. The molecule has 4 heteroatoms. The lowest BCUT2D eigenvalue weighted by Crippen LogP contribution is -2.05. The number of aryl methyl sites for hydroxylation is 1. The summed E-state index contributed by atoms with van der Waals surface area (Å²) in [5.41, 5.74) is 0. The van der Waals surface area contributed by atoms with E-state index in [-0.39, 0.29) is 0 Å². The number of thiophene rings is 1. The summed E-state index contributed by atoms with van der Waals surface area (Å²) in [6.07, 6.45) is 0. The molecule has 1 atom stereocenters. The molecule has 0 radical (unpaired) electrons. The van der Waals surface area contributed by atoms with Gasteiger partial charge in [-0.2, -0.15) is 0 Å². The van der Waals surface area contributed by atoms with Crippen molar-refractivity contribution in [2.75, 3.05) is 0 Å². The van der Waals surface area contributed by atoms with E-state index in [1.165, 1.54) is 11.3 Å². The van der Waals surface area contributed by atoms with Crippen molar-refractivity contribution in [3.63, 3.8) is 0 Å². The Kier molecular flexibility index (Phi) is 2.90. The van der Waals surface area contributed by atoms with Crippen LogP contribution < -0.4 is 0 Å². The van der Waals surface area contributed by atoms with E-state index in [0.717, 1.165) is 14.2 Å². The third-order valence-corrected chi connectivity index (χ3v) is 3.75. The maximum atomic E-state index is 10.6. The fraction of sp³-hybridized carbons (Fsp3) is 0.375. The maximum Gasteiger partial charge on any atom is 0.311 e. The molecule has 0 saturated carbocycles. The Morgan fingerprint density at radius 1 is 1.75 bits per heavy atom. The molecule has 1 rings (SSSR count). The van der Waals surface area contributed by atoms with Crippen molar-refractivity contribution in [2.45, 2.75) is 19.8 Å². The Labute approximate surface area is 83.4 Å². The number of rotatable bonds is 2. The van der Waals surface area contributed by atoms with Gasteiger partial charge >= 0.3 is 5.97 Å². The summed E-state index contributed by atoms with van der Waals surface area (Å²) in [6.45, 7) is 3.66. The first kappa shape index (κ1) is 9.74. The molecule has 0 fully saturated rings. The van der Waals surface area contributed by atoms with Crippen LogP contribution in [-0.4, -0.2) is 11.1 Å². The summed E-state index contributed by atoms with van der Waals surface area (Å²) >= 11 is 4.86. The maximum absolute atomic E-state index is 10.6. The zero-order valence-electron chi connectivity index (χ0n) is 6.80. The second-order valence-electron chi connectivity index (χ2n) is 2.63. The van der Waals surface area contributed by atoms with Gasteiger partial charge in [0.15, 0.2) is 0 Å². The third kappa shape index (κ3) is 1.87. The third-order valence-electron chi connectivity index (χ3n) is 1.60. The van der Waals surface area contributed by atoms with Gasteiger partial charge in [0.25, 0.3) is 0 Å². The Hall–Kier alpha value is -0.350.